The number of anilines is 1. The Balaban J connectivity index is 1.82. The number of aryl methyl sites for hydroxylation is 1. The average molecular weight is 245 g/mol. The van der Waals surface area contributed by atoms with Crippen molar-refractivity contribution in [3.63, 3.8) is 0 Å². The number of ether oxygens (including phenoxy) is 1. The van der Waals surface area contributed by atoms with Crippen molar-refractivity contribution in [2.75, 3.05) is 12.3 Å². The second-order valence-corrected chi connectivity index (χ2v) is 4.10. The summed E-state index contributed by atoms with van der Waals surface area (Å²) in [6.07, 6.45) is 1.74. The number of para-hydroxylation sites is 1. The van der Waals surface area contributed by atoms with Crippen LogP contribution in [0.1, 0.15) is 12.0 Å². The molecular weight excluding hydrogens is 229 g/mol. The maximum atomic E-state index is 13.4. The van der Waals surface area contributed by atoms with Crippen LogP contribution < -0.4 is 10.5 Å². The topological polar surface area (TPSA) is 35.2 Å². The molecule has 3 heteroatoms. The molecular formula is C15H16FNO. The molecule has 0 aromatic heterocycles. The Kier molecular flexibility index (Phi) is 4.18. The fraction of sp³-hybridized carbons (Fsp3) is 0.200. The molecule has 0 amide bonds. The molecule has 0 fully saturated rings. The molecule has 2 nitrogen and oxygen atoms in total. The number of nitrogens with two attached hydrogens (primary N) is 1. The fourth-order valence-corrected chi connectivity index (χ4v) is 1.77. The fourth-order valence-electron chi connectivity index (χ4n) is 1.77. The molecule has 94 valence electrons. The van der Waals surface area contributed by atoms with Gasteiger partial charge in [0.25, 0.3) is 0 Å². The van der Waals surface area contributed by atoms with Crippen molar-refractivity contribution >= 4 is 5.69 Å². The first-order valence-corrected chi connectivity index (χ1v) is 5.98. The van der Waals surface area contributed by atoms with E-state index in [2.05, 4.69) is 12.1 Å². The van der Waals surface area contributed by atoms with Gasteiger partial charge in [-0.05, 0) is 30.5 Å². The largest absolute Gasteiger partial charge is 0.488 e. The monoisotopic (exact) mass is 245 g/mol. The Morgan fingerprint density at radius 3 is 2.50 bits per heavy atom. The molecule has 2 aromatic carbocycles. The predicted molar refractivity (Wildman–Crippen MR) is 71.1 cm³/mol. The van der Waals surface area contributed by atoms with Gasteiger partial charge in [-0.2, -0.15) is 0 Å². The summed E-state index contributed by atoms with van der Waals surface area (Å²) in [5, 5.41) is 0. The number of benzene rings is 2. The van der Waals surface area contributed by atoms with Gasteiger partial charge in [-0.25, -0.2) is 4.39 Å². The average Bonchev–Trinajstić information content (AvgIpc) is 2.38. The van der Waals surface area contributed by atoms with Gasteiger partial charge in [0.1, 0.15) is 0 Å². The Bertz CT molecular complexity index is 479. The lowest BCUT2D eigenvalue weighted by molar-refractivity contribution is 0.297. The van der Waals surface area contributed by atoms with Crippen molar-refractivity contribution in [3.8, 4) is 5.75 Å². The Labute approximate surface area is 106 Å². The maximum Gasteiger partial charge on any atom is 0.177 e. The highest BCUT2D eigenvalue weighted by molar-refractivity contribution is 5.52. The molecule has 0 spiro atoms. The van der Waals surface area contributed by atoms with E-state index < -0.39 is 5.82 Å². The van der Waals surface area contributed by atoms with Gasteiger partial charge in [-0.15, -0.1) is 0 Å². The quantitative estimate of drug-likeness (QED) is 0.647. The van der Waals surface area contributed by atoms with Crippen LogP contribution >= 0.6 is 0 Å². The van der Waals surface area contributed by atoms with Crippen LogP contribution in [0.2, 0.25) is 0 Å². The van der Waals surface area contributed by atoms with E-state index in [4.69, 9.17) is 10.5 Å². The maximum absolute atomic E-state index is 13.4. The molecule has 0 saturated carbocycles. The SMILES string of the molecule is Nc1cccc(F)c1OCCCc1ccccc1. The van der Waals surface area contributed by atoms with Crippen LogP contribution in [0.4, 0.5) is 10.1 Å². The first kappa shape index (κ1) is 12.4. The number of hydrogen-bond donors (Lipinski definition) is 1. The lowest BCUT2D eigenvalue weighted by Crippen LogP contribution is -2.03. The molecule has 0 bridgehead atoms. The first-order valence-electron chi connectivity index (χ1n) is 5.98. The van der Waals surface area contributed by atoms with Crippen molar-refractivity contribution in [2.45, 2.75) is 12.8 Å². The van der Waals surface area contributed by atoms with Gasteiger partial charge < -0.3 is 10.5 Å². The summed E-state index contributed by atoms with van der Waals surface area (Å²) in [4.78, 5) is 0. The molecule has 0 heterocycles. The van der Waals surface area contributed by atoms with E-state index in [1.807, 2.05) is 18.2 Å². The smallest absolute Gasteiger partial charge is 0.177 e. The van der Waals surface area contributed by atoms with Crippen molar-refractivity contribution in [2.24, 2.45) is 0 Å². The zero-order valence-electron chi connectivity index (χ0n) is 10.1. The standard InChI is InChI=1S/C15H16FNO/c16-13-9-4-10-14(17)15(13)18-11-5-8-12-6-2-1-3-7-12/h1-4,6-7,9-10H,5,8,11,17H2. The van der Waals surface area contributed by atoms with Crippen LogP contribution in [0.15, 0.2) is 48.5 Å². The summed E-state index contributed by atoms with van der Waals surface area (Å²) in [5.41, 5.74) is 7.24. The summed E-state index contributed by atoms with van der Waals surface area (Å²) in [5.74, 6) is -0.250. The van der Waals surface area contributed by atoms with Gasteiger partial charge in [0, 0.05) is 0 Å². The van der Waals surface area contributed by atoms with Gasteiger partial charge >= 0.3 is 0 Å². The predicted octanol–water partition coefficient (Wildman–Crippen LogP) is 3.42. The summed E-state index contributed by atoms with van der Waals surface area (Å²) >= 11 is 0. The molecule has 2 rings (SSSR count). The third kappa shape index (κ3) is 3.23. The first-order chi connectivity index (χ1) is 8.77. The van der Waals surface area contributed by atoms with Crippen LogP contribution in [-0.2, 0) is 6.42 Å². The molecule has 0 aliphatic heterocycles. The van der Waals surface area contributed by atoms with Crippen molar-refractivity contribution in [1.29, 1.82) is 0 Å². The number of hydrogen-bond acceptors (Lipinski definition) is 2. The lowest BCUT2D eigenvalue weighted by atomic mass is 10.1. The summed E-state index contributed by atoms with van der Waals surface area (Å²) in [6, 6.07) is 14.7. The van der Waals surface area contributed by atoms with Crippen molar-refractivity contribution < 1.29 is 9.13 Å². The third-order valence-corrected chi connectivity index (χ3v) is 2.70. The van der Waals surface area contributed by atoms with Crippen LogP contribution in [0, 0.1) is 5.82 Å². The van der Waals surface area contributed by atoms with Gasteiger partial charge in [0.2, 0.25) is 0 Å². The van der Waals surface area contributed by atoms with Gasteiger partial charge in [-0.3, -0.25) is 0 Å². The molecule has 2 N–H and O–H groups in total. The van der Waals surface area contributed by atoms with E-state index in [9.17, 15) is 4.39 Å². The number of nitrogen functional groups attached to an aromatic ring is 1. The minimum absolute atomic E-state index is 0.158. The van der Waals surface area contributed by atoms with Gasteiger partial charge in [0.05, 0.1) is 12.3 Å². The van der Waals surface area contributed by atoms with Gasteiger partial charge in [-0.1, -0.05) is 36.4 Å². The molecule has 0 radical (unpaired) electrons. The Morgan fingerprint density at radius 2 is 1.78 bits per heavy atom. The van der Waals surface area contributed by atoms with Crippen LogP contribution in [0.3, 0.4) is 0 Å². The normalized spacial score (nSPS) is 10.3. The van der Waals surface area contributed by atoms with Crippen LogP contribution in [-0.4, -0.2) is 6.61 Å². The molecule has 2 aromatic rings. The second kappa shape index (κ2) is 6.05. The molecule has 0 aliphatic carbocycles. The van der Waals surface area contributed by atoms with E-state index in [0.717, 1.165) is 12.8 Å². The highest BCUT2D eigenvalue weighted by Gasteiger charge is 2.06. The highest BCUT2D eigenvalue weighted by Crippen LogP contribution is 2.24. The summed E-state index contributed by atoms with van der Waals surface area (Å²) < 4.78 is 18.8. The molecule has 0 aliphatic rings. The van der Waals surface area contributed by atoms with E-state index in [0.29, 0.717) is 12.3 Å². The minimum Gasteiger partial charge on any atom is -0.488 e. The zero-order chi connectivity index (χ0) is 12.8. The van der Waals surface area contributed by atoms with Crippen molar-refractivity contribution in [3.05, 3.63) is 59.9 Å². The number of halogens is 1. The van der Waals surface area contributed by atoms with E-state index in [-0.39, 0.29) is 5.75 Å². The van der Waals surface area contributed by atoms with Crippen LogP contribution in [0.5, 0.6) is 5.75 Å². The Hall–Kier alpha value is -2.03. The Morgan fingerprint density at radius 1 is 1.00 bits per heavy atom. The van der Waals surface area contributed by atoms with Crippen molar-refractivity contribution in [1.82, 2.24) is 0 Å². The molecule has 18 heavy (non-hydrogen) atoms. The molecule has 0 atom stereocenters. The molecule has 0 saturated heterocycles. The molecule has 0 unspecified atom stereocenters. The second-order valence-electron chi connectivity index (χ2n) is 4.10. The third-order valence-electron chi connectivity index (χ3n) is 2.70. The number of rotatable bonds is 5. The van der Waals surface area contributed by atoms with Gasteiger partial charge in [0.15, 0.2) is 11.6 Å². The lowest BCUT2D eigenvalue weighted by Gasteiger charge is -2.09. The summed E-state index contributed by atoms with van der Waals surface area (Å²) in [7, 11) is 0. The zero-order valence-corrected chi connectivity index (χ0v) is 10.1. The van der Waals surface area contributed by atoms with E-state index in [1.165, 1.54) is 11.6 Å². The van der Waals surface area contributed by atoms with E-state index >= 15 is 0 Å². The summed E-state index contributed by atoms with van der Waals surface area (Å²) in [6.45, 7) is 0.458. The highest BCUT2D eigenvalue weighted by atomic mass is 19.1. The van der Waals surface area contributed by atoms with E-state index in [1.54, 1.807) is 12.1 Å². The van der Waals surface area contributed by atoms with Crippen LogP contribution in [0.25, 0.3) is 0 Å². The minimum atomic E-state index is -0.408.